The van der Waals surface area contributed by atoms with Crippen LogP contribution in [0.1, 0.15) is 11.1 Å². The van der Waals surface area contributed by atoms with Crippen molar-refractivity contribution in [2.45, 2.75) is 24.4 Å². The third-order valence-corrected chi connectivity index (χ3v) is 8.71. The van der Waals surface area contributed by atoms with E-state index in [0.29, 0.717) is 19.1 Å². The Kier molecular flexibility index (Phi) is 10.9. The minimum absolute atomic E-state index is 0.152. The molecule has 0 fully saturated rings. The number of halogens is 14. The summed E-state index contributed by atoms with van der Waals surface area (Å²) in [7, 11) is -5.70. The number of rotatable bonds is 11. The molecule has 0 spiro atoms. The van der Waals surface area contributed by atoms with Gasteiger partial charge in [0.1, 0.15) is 11.5 Å². The lowest BCUT2D eigenvalue weighted by Crippen LogP contribution is -2.48. The molecule has 0 saturated carbocycles. The molecular weight excluding hydrogens is 814 g/mol. The highest BCUT2D eigenvalue weighted by molar-refractivity contribution is 7.86. The molecule has 5 aromatic carbocycles. The van der Waals surface area contributed by atoms with E-state index in [0.717, 1.165) is 19.2 Å². The van der Waals surface area contributed by atoms with Crippen molar-refractivity contribution in [3.8, 4) is 50.6 Å². The highest BCUT2D eigenvalue weighted by Crippen LogP contribution is 2.49. The van der Waals surface area contributed by atoms with Crippen LogP contribution >= 0.6 is 0 Å². The molecule has 1 N–H and O–H groups in total. The molecule has 0 aliphatic heterocycles. The lowest BCUT2D eigenvalue weighted by molar-refractivity contribution is -0.412. The Morgan fingerprint density at radius 1 is 0.589 bits per heavy atom. The van der Waals surface area contributed by atoms with Crippen LogP contribution in [0.4, 0.5) is 61.5 Å². The molecule has 5 rings (SSSR count). The Bertz CT molecular complexity index is 2400. The number of hydrogen-bond donors (Lipinski definition) is 1. The van der Waals surface area contributed by atoms with Crippen LogP contribution in [-0.4, -0.2) is 31.6 Å². The molecule has 21 heteroatoms. The van der Waals surface area contributed by atoms with Gasteiger partial charge in [-0.3, -0.25) is 4.55 Å². The van der Waals surface area contributed by atoms with Gasteiger partial charge < -0.3 is 9.47 Å². The summed E-state index contributed by atoms with van der Waals surface area (Å²) in [6.45, 7) is 0.566. The summed E-state index contributed by atoms with van der Waals surface area (Å²) >= 11 is 0. The molecule has 0 aliphatic rings. The van der Waals surface area contributed by atoms with E-state index in [1.807, 2.05) is 0 Å². The van der Waals surface area contributed by atoms with Gasteiger partial charge in [0.05, 0.1) is 18.2 Å². The van der Waals surface area contributed by atoms with Crippen LogP contribution < -0.4 is 9.47 Å². The normalized spacial score (nSPS) is 12.6. The Balaban J connectivity index is 1.65. The van der Waals surface area contributed by atoms with Crippen LogP contribution in [0.3, 0.4) is 0 Å². The molecular formula is C35H18F14O6S. The quantitative estimate of drug-likeness (QED) is 0.0811. The topological polar surface area (TPSA) is 82.1 Å². The predicted octanol–water partition coefficient (Wildman–Crippen LogP) is 11.0. The molecule has 5 aromatic rings. The maximum absolute atomic E-state index is 15.5. The number of alkyl halides is 6. The third kappa shape index (κ3) is 7.09. The first kappa shape index (κ1) is 41.7. The summed E-state index contributed by atoms with van der Waals surface area (Å²) in [5.41, 5.74) is -14.1. The molecule has 0 bridgehead atoms. The van der Waals surface area contributed by atoms with E-state index in [1.54, 1.807) is 0 Å². The molecule has 0 heterocycles. The molecule has 56 heavy (non-hydrogen) atoms. The van der Waals surface area contributed by atoms with E-state index in [-0.39, 0.29) is 40.1 Å². The van der Waals surface area contributed by atoms with Gasteiger partial charge in [0, 0.05) is 22.3 Å². The van der Waals surface area contributed by atoms with Crippen molar-refractivity contribution >= 4 is 10.1 Å². The molecule has 298 valence electrons. The molecule has 0 radical (unpaired) electrons. The van der Waals surface area contributed by atoms with Gasteiger partial charge in [0.25, 0.3) is 0 Å². The van der Waals surface area contributed by atoms with Crippen molar-refractivity contribution in [2.24, 2.45) is 0 Å². The van der Waals surface area contributed by atoms with Gasteiger partial charge in [0.15, 0.2) is 34.9 Å². The second kappa shape index (κ2) is 14.6. The molecule has 0 atom stereocenters. The summed E-state index contributed by atoms with van der Waals surface area (Å²) in [4.78, 5) is 0. The van der Waals surface area contributed by atoms with Crippen molar-refractivity contribution in [2.75, 3.05) is 7.11 Å². The average molecular weight is 833 g/mol. The van der Waals surface area contributed by atoms with E-state index < -0.39 is 108 Å². The van der Waals surface area contributed by atoms with Gasteiger partial charge in [-0.1, -0.05) is 54.6 Å². The van der Waals surface area contributed by atoms with Crippen LogP contribution in [0, 0.1) is 53.5 Å². The fourth-order valence-corrected chi connectivity index (χ4v) is 5.38. The first-order chi connectivity index (χ1) is 25.9. The summed E-state index contributed by atoms with van der Waals surface area (Å²) in [5.74, 6) is -27.7. The monoisotopic (exact) mass is 832 g/mol. The third-order valence-electron chi connectivity index (χ3n) is 8.03. The summed E-state index contributed by atoms with van der Waals surface area (Å²) < 4.78 is 247. The van der Waals surface area contributed by atoms with Gasteiger partial charge in [-0.2, -0.15) is 43.5 Å². The zero-order valence-corrected chi connectivity index (χ0v) is 28.4. The Hall–Kier alpha value is -5.41. The summed E-state index contributed by atoms with van der Waals surface area (Å²) in [6, 6.07) is 10.8. The Morgan fingerprint density at radius 2 is 1.02 bits per heavy atom. The van der Waals surface area contributed by atoms with E-state index in [9.17, 15) is 52.3 Å². The van der Waals surface area contributed by atoms with E-state index >= 15 is 17.6 Å². The lowest BCUT2D eigenvalue weighted by atomic mass is 9.96. The first-order valence-corrected chi connectivity index (χ1v) is 16.4. The van der Waals surface area contributed by atoms with Crippen LogP contribution in [0.25, 0.3) is 33.4 Å². The van der Waals surface area contributed by atoms with Crippen molar-refractivity contribution in [3.05, 3.63) is 124 Å². The second-order valence-electron chi connectivity index (χ2n) is 11.4. The molecule has 6 nitrogen and oxygen atoms in total. The van der Waals surface area contributed by atoms with Crippen molar-refractivity contribution < 1.29 is 88.6 Å². The summed E-state index contributed by atoms with van der Waals surface area (Å²) in [5, 5.41) is 0. The first-order valence-electron chi connectivity index (χ1n) is 14.9. The van der Waals surface area contributed by atoms with Crippen LogP contribution in [-0.2, 0) is 20.8 Å². The number of benzene rings is 5. The largest absolute Gasteiger partial charge is 0.496 e. The SMILES string of the molecule is COc1cc(-c2ccccc2)c(Oc2c(F)c(F)c(-c3c(F)c(F)c(C)c(F)c3F)c(F)c2F)cc1-c1ccc(C(F)(F)C(F)(F)OC(F)(F)S(=O)(=O)O)cc1. The number of hydrogen-bond acceptors (Lipinski definition) is 5. The number of ether oxygens (including phenoxy) is 3. The zero-order valence-electron chi connectivity index (χ0n) is 27.5. The van der Waals surface area contributed by atoms with Crippen molar-refractivity contribution in [1.82, 2.24) is 0 Å². The van der Waals surface area contributed by atoms with Gasteiger partial charge in [-0.15, -0.1) is 0 Å². The van der Waals surface area contributed by atoms with E-state index in [4.69, 9.17) is 14.0 Å². The van der Waals surface area contributed by atoms with Crippen molar-refractivity contribution in [1.29, 1.82) is 0 Å². The Labute approximate surface area is 305 Å². The van der Waals surface area contributed by atoms with Crippen LogP contribution in [0.15, 0.2) is 66.7 Å². The molecule has 0 amide bonds. The smallest absolute Gasteiger partial charge is 0.492 e. The summed E-state index contributed by atoms with van der Waals surface area (Å²) in [6.07, 6.45) is -6.27. The highest BCUT2D eigenvalue weighted by Gasteiger charge is 2.66. The minimum Gasteiger partial charge on any atom is -0.496 e. The van der Waals surface area contributed by atoms with E-state index in [2.05, 4.69) is 4.74 Å². The van der Waals surface area contributed by atoms with Crippen molar-refractivity contribution in [3.63, 3.8) is 0 Å². The predicted molar refractivity (Wildman–Crippen MR) is 167 cm³/mol. The van der Waals surface area contributed by atoms with E-state index in [1.165, 1.54) is 30.3 Å². The second-order valence-corrected chi connectivity index (χ2v) is 12.9. The average Bonchev–Trinajstić information content (AvgIpc) is 3.14. The Morgan fingerprint density at radius 3 is 1.48 bits per heavy atom. The van der Waals surface area contributed by atoms with Gasteiger partial charge >= 0.3 is 27.6 Å². The fraction of sp³-hybridized carbons (Fsp3) is 0.143. The molecule has 0 aliphatic carbocycles. The maximum Gasteiger partial charge on any atom is 0.492 e. The molecule has 0 unspecified atom stereocenters. The van der Waals surface area contributed by atoms with Crippen LogP contribution in [0.5, 0.6) is 17.2 Å². The maximum atomic E-state index is 15.5. The fourth-order valence-electron chi connectivity index (χ4n) is 5.17. The minimum atomic E-state index is -6.75. The van der Waals surface area contributed by atoms with Gasteiger partial charge in [0.2, 0.25) is 17.4 Å². The highest BCUT2D eigenvalue weighted by atomic mass is 32.2. The van der Waals surface area contributed by atoms with Gasteiger partial charge in [-0.05, 0) is 30.2 Å². The van der Waals surface area contributed by atoms with Gasteiger partial charge in [-0.25, -0.2) is 31.1 Å². The lowest BCUT2D eigenvalue weighted by Gasteiger charge is -2.28. The molecule has 0 aromatic heterocycles. The zero-order chi connectivity index (χ0) is 41.9. The standard InChI is InChI=1S/C35H18F14O6S/c1-14-24(36)26(38)22(27(39)25(14)37)23-28(40)30(42)32(31(43)29(23)41)54-21-13-18(20(53-2)12-19(21)15-6-4-3-5-7-15)16-8-10-17(11-9-16)33(44,45)34(46,47)55-35(48,49)56(50,51)52/h3-13H,1-2H3,(H,50,51,52). The number of methoxy groups -OCH3 is 1. The molecule has 0 saturated heterocycles. The van der Waals surface area contributed by atoms with Crippen LogP contribution in [0.2, 0.25) is 0 Å².